The van der Waals surface area contributed by atoms with Gasteiger partial charge in [-0.25, -0.2) is 4.98 Å². The first-order valence-corrected chi connectivity index (χ1v) is 6.82. The van der Waals surface area contributed by atoms with Gasteiger partial charge in [-0.2, -0.15) is 0 Å². The van der Waals surface area contributed by atoms with Crippen molar-refractivity contribution in [1.82, 2.24) is 4.98 Å². The molecule has 1 fully saturated rings. The maximum absolute atomic E-state index is 10.7. The number of allylic oxidation sites excluding steroid dienone is 1. The van der Waals surface area contributed by atoms with Crippen LogP contribution >= 0.6 is 0 Å². The zero-order valence-corrected chi connectivity index (χ0v) is 11.7. The molecule has 2 aliphatic rings. The lowest BCUT2D eigenvalue weighted by molar-refractivity contribution is -0.223. The first-order chi connectivity index (χ1) is 9.64. The van der Waals surface area contributed by atoms with Gasteiger partial charge in [-0.05, 0) is 13.8 Å². The molecule has 1 spiro atoms. The molecule has 108 valence electrons. The Morgan fingerprint density at radius 1 is 1.40 bits per heavy atom. The summed E-state index contributed by atoms with van der Waals surface area (Å²) < 4.78 is 17.2. The molecule has 2 heterocycles. The van der Waals surface area contributed by atoms with E-state index in [9.17, 15) is 5.11 Å². The molecule has 2 atom stereocenters. The van der Waals surface area contributed by atoms with Crippen LogP contribution < -0.4 is 0 Å². The maximum Gasteiger partial charge on any atom is 0.184 e. The number of aromatic nitrogens is 1. The predicted molar refractivity (Wildman–Crippen MR) is 72.7 cm³/mol. The molecule has 0 bridgehead atoms. The maximum atomic E-state index is 10.7. The molecule has 0 amide bonds. The Morgan fingerprint density at radius 2 is 2.15 bits per heavy atom. The molecule has 5 heteroatoms. The van der Waals surface area contributed by atoms with Crippen LogP contribution in [0.3, 0.4) is 0 Å². The van der Waals surface area contributed by atoms with Crippen LogP contribution in [0.4, 0.5) is 0 Å². The Labute approximate surface area is 117 Å². The smallest absolute Gasteiger partial charge is 0.184 e. The molecule has 1 aromatic rings. The molecule has 3 rings (SSSR count). The molecule has 20 heavy (non-hydrogen) atoms. The van der Waals surface area contributed by atoms with Crippen LogP contribution in [0.1, 0.15) is 26.0 Å². The van der Waals surface area contributed by atoms with Crippen molar-refractivity contribution >= 4 is 5.57 Å². The summed E-state index contributed by atoms with van der Waals surface area (Å²) in [6, 6.07) is 0. The second-order valence-electron chi connectivity index (χ2n) is 5.31. The molecular formula is C15H19NO4. The minimum atomic E-state index is -0.825. The van der Waals surface area contributed by atoms with Crippen molar-refractivity contribution in [3.63, 3.8) is 0 Å². The fourth-order valence-electron chi connectivity index (χ4n) is 3.20. The van der Waals surface area contributed by atoms with Crippen molar-refractivity contribution < 1.29 is 19.0 Å². The van der Waals surface area contributed by atoms with Crippen LogP contribution in [0.2, 0.25) is 0 Å². The van der Waals surface area contributed by atoms with Gasteiger partial charge in [0.2, 0.25) is 0 Å². The van der Waals surface area contributed by atoms with E-state index in [4.69, 9.17) is 13.9 Å². The predicted octanol–water partition coefficient (Wildman–Crippen LogP) is 2.15. The van der Waals surface area contributed by atoms with Gasteiger partial charge in [0, 0.05) is 12.0 Å². The summed E-state index contributed by atoms with van der Waals surface area (Å²) in [5.74, 6) is -0.180. The second-order valence-corrected chi connectivity index (χ2v) is 5.31. The van der Waals surface area contributed by atoms with E-state index < -0.39 is 17.3 Å². The lowest BCUT2D eigenvalue weighted by Crippen LogP contribution is -2.51. The average Bonchev–Trinajstić information content (AvgIpc) is 3.14. The van der Waals surface area contributed by atoms with E-state index >= 15 is 0 Å². The Hall–Kier alpha value is -1.43. The molecule has 1 saturated heterocycles. The van der Waals surface area contributed by atoms with E-state index in [0.29, 0.717) is 25.4 Å². The number of oxazole rings is 1. The van der Waals surface area contributed by atoms with Gasteiger partial charge in [-0.3, -0.25) is 0 Å². The van der Waals surface area contributed by atoms with Crippen molar-refractivity contribution in [3.05, 3.63) is 36.6 Å². The third-order valence-electron chi connectivity index (χ3n) is 4.34. The van der Waals surface area contributed by atoms with Gasteiger partial charge in [0.15, 0.2) is 17.9 Å². The van der Waals surface area contributed by atoms with E-state index in [1.165, 1.54) is 6.39 Å². The van der Waals surface area contributed by atoms with Crippen LogP contribution in [-0.4, -0.2) is 35.2 Å². The molecule has 1 aliphatic heterocycles. The normalized spacial score (nSPS) is 30.2. The number of hydrogen-bond acceptors (Lipinski definition) is 5. The third-order valence-corrected chi connectivity index (χ3v) is 4.34. The fraction of sp³-hybridized carbons (Fsp3) is 0.533. The molecule has 1 aliphatic carbocycles. The number of hydrogen-bond donors (Lipinski definition) is 1. The highest BCUT2D eigenvalue weighted by atomic mass is 16.7. The Morgan fingerprint density at radius 3 is 2.75 bits per heavy atom. The number of aliphatic hydroxyl groups excluding tert-OH is 1. The van der Waals surface area contributed by atoms with E-state index in [0.717, 1.165) is 5.57 Å². The van der Waals surface area contributed by atoms with Crippen molar-refractivity contribution in [2.24, 2.45) is 5.41 Å². The third kappa shape index (κ3) is 1.70. The standard InChI is InChI=1S/C15H19NO4/c1-3-4-13(17)14(2)11(12-9-16-10-18-12)5-6-15(14)19-7-8-20-15/h3-5,9-10,13,17H,6-8H2,1-2H3/t13?,14-/m1/s1. The van der Waals surface area contributed by atoms with Crippen LogP contribution in [0.5, 0.6) is 0 Å². The van der Waals surface area contributed by atoms with Gasteiger partial charge < -0.3 is 19.0 Å². The van der Waals surface area contributed by atoms with Crippen LogP contribution in [0.25, 0.3) is 5.57 Å². The molecular weight excluding hydrogens is 258 g/mol. The number of aliphatic hydroxyl groups is 1. The molecule has 0 radical (unpaired) electrons. The molecule has 1 aromatic heterocycles. The van der Waals surface area contributed by atoms with Crippen molar-refractivity contribution in [2.45, 2.75) is 32.2 Å². The van der Waals surface area contributed by atoms with Gasteiger partial charge >= 0.3 is 0 Å². The summed E-state index contributed by atoms with van der Waals surface area (Å²) in [4.78, 5) is 3.96. The minimum absolute atomic E-state index is 0.537. The lowest BCUT2D eigenvalue weighted by atomic mass is 9.72. The summed E-state index contributed by atoms with van der Waals surface area (Å²) in [6.07, 6.45) is 8.49. The highest BCUT2D eigenvalue weighted by Gasteiger charge is 2.61. The quantitative estimate of drug-likeness (QED) is 0.858. The summed E-state index contributed by atoms with van der Waals surface area (Å²) in [5, 5.41) is 10.7. The van der Waals surface area contributed by atoms with Crippen molar-refractivity contribution in [2.75, 3.05) is 13.2 Å². The first kappa shape index (κ1) is 13.5. The molecule has 1 unspecified atom stereocenters. The number of ether oxygens (including phenoxy) is 2. The van der Waals surface area contributed by atoms with Gasteiger partial charge in [-0.1, -0.05) is 18.2 Å². The van der Waals surface area contributed by atoms with Gasteiger partial charge in [-0.15, -0.1) is 0 Å². The van der Waals surface area contributed by atoms with Crippen LogP contribution in [0.15, 0.2) is 35.2 Å². The zero-order chi connectivity index (χ0) is 14.2. The highest BCUT2D eigenvalue weighted by Crippen LogP contribution is 2.57. The van der Waals surface area contributed by atoms with Crippen LogP contribution in [-0.2, 0) is 9.47 Å². The second kappa shape index (κ2) is 4.84. The van der Waals surface area contributed by atoms with Gasteiger partial charge in [0.25, 0.3) is 0 Å². The lowest BCUT2D eigenvalue weighted by Gasteiger charge is -2.43. The largest absolute Gasteiger partial charge is 0.444 e. The van der Waals surface area contributed by atoms with Crippen molar-refractivity contribution in [1.29, 1.82) is 0 Å². The van der Waals surface area contributed by atoms with Crippen LogP contribution in [0, 0.1) is 5.41 Å². The summed E-state index contributed by atoms with van der Waals surface area (Å²) in [5.41, 5.74) is 0.151. The van der Waals surface area contributed by atoms with Gasteiger partial charge in [0.05, 0.1) is 30.9 Å². The Kier molecular flexibility index (Phi) is 3.28. The SMILES string of the molecule is CC=CC(O)[C@@]1(C)C(c2cnco2)=CCC12OCCO2. The first-order valence-electron chi connectivity index (χ1n) is 6.82. The number of rotatable bonds is 3. The fourth-order valence-corrected chi connectivity index (χ4v) is 3.20. The molecule has 1 N–H and O–H groups in total. The zero-order valence-electron chi connectivity index (χ0n) is 11.7. The summed E-state index contributed by atoms with van der Waals surface area (Å²) >= 11 is 0. The Bertz CT molecular complexity index is 528. The average molecular weight is 277 g/mol. The topological polar surface area (TPSA) is 64.7 Å². The highest BCUT2D eigenvalue weighted by molar-refractivity contribution is 5.71. The number of nitrogens with zero attached hydrogens (tertiary/aromatic N) is 1. The van der Waals surface area contributed by atoms with E-state index in [1.54, 1.807) is 12.3 Å². The minimum Gasteiger partial charge on any atom is -0.444 e. The molecule has 0 saturated carbocycles. The summed E-state index contributed by atoms with van der Waals surface area (Å²) in [6.45, 7) is 4.90. The molecule has 0 aromatic carbocycles. The Balaban J connectivity index is 2.07. The molecule has 5 nitrogen and oxygen atoms in total. The monoisotopic (exact) mass is 277 g/mol. The van der Waals surface area contributed by atoms with Gasteiger partial charge in [0.1, 0.15) is 0 Å². The van der Waals surface area contributed by atoms with Crippen molar-refractivity contribution in [3.8, 4) is 0 Å². The van der Waals surface area contributed by atoms with E-state index in [1.807, 2.05) is 26.0 Å². The summed E-state index contributed by atoms with van der Waals surface area (Å²) in [7, 11) is 0. The van der Waals surface area contributed by atoms with E-state index in [2.05, 4.69) is 4.98 Å². The van der Waals surface area contributed by atoms with E-state index in [-0.39, 0.29) is 0 Å².